The van der Waals surface area contributed by atoms with Gasteiger partial charge in [-0.3, -0.25) is 0 Å². The second kappa shape index (κ2) is 17.5. The maximum absolute atomic E-state index is 13.9. The minimum absolute atomic E-state index is 0.128. The van der Waals surface area contributed by atoms with E-state index in [-0.39, 0.29) is 18.7 Å². The summed E-state index contributed by atoms with van der Waals surface area (Å²) in [4.78, 5) is 11.9. The highest BCUT2D eigenvalue weighted by Gasteiger charge is 2.59. The number of halogens is 6. The Morgan fingerprint density at radius 3 is 1.68 bits per heavy atom. The molecule has 0 rings (SSSR count). The molecule has 0 spiro atoms. The van der Waals surface area contributed by atoms with Crippen LogP contribution in [0.4, 0.5) is 26.3 Å². The average Bonchev–Trinajstić information content (AvgIpc) is 2.90. The molecule has 0 aliphatic rings. The Kier molecular flexibility index (Phi) is 17.2. The zero-order valence-corrected chi connectivity index (χ0v) is 32.0. The third-order valence-corrected chi connectivity index (χ3v) is 23.2. The SMILES string of the molecule is C=C(C)C(=O)OCCC[Si](C)(C)C(C)(CCC)O[Si](C)(CCC(F)(F)F)C(CC)(CC)O[Si](C)(CCCC)CCC(F)(F)F. The number of unbranched alkanes of at least 4 members (excludes halogenated alkanes) is 1. The molecule has 0 aliphatic heterocycles. The predicted molar refractivity (Wildman–Crippen MR) is 175 cm³/mol. The van der Waals surface area contributed by atoms with E-state index in [1.54, 1.807) is 6.92 Å². The Balaban J connectivity index is 6.80. The fraction of sp³-hybridized carbons (Fsp3) is 0.903. The Morgan fingerprint density at radius 1 is 0.727 bits per heavy atom. The highest BCUT2D eigenvalue weighted by Crippen LogP contribution is 2.47. The second-order valence-corrected chi connectivity index (χ2v) is 27.3. The quantitative estimate of drug-likeness (QED) is 0.0372. The molecule has 0 amide bonds. The number of rotatable bonds is 22. The van der Waals surface area contributed by atoms with Crippen molar-refractivity contribution in [2.24, 2.45) is 0 Å². The topological polar surface area (TPSA) is 44.8 Å². The van der Waals surface area contributed by atoms with Crippen molar-refractivity contribution < 1.29 is 44.7 Å². The van der Waals surface area contributed by atoms with Crippen LogP contribution in [0, 0.1) is 0 Å². The number of hydrogen-bond donors (Lipinski definition) is 0. The lowest BCUT2D eigenvalue weighted by Crippen LogP contribution is -2.69. The highest BCUT2D eigenvalue weighted by atomic mass is 28.4. The van der Waals surface area contributed by atoms with Crippen LogP contribution in [0.25, 0.3) is 0 Å². The normalized spacial score (nSPS) is 17.5. The molecule has 0 saturated heterocycles. The van der Waals surface area contributed by atoms with E-state index in [0.29, 0.717) is 43.7 Å². The number of esters is 1. The monoisotopic (exact) mass is 694 g/mol. The molecule has 0 fully saturated rings. The molecule has 0 aliphatic carbocycles. The summed E-state index contributed by atoms with van der Waals surface area (Å²) >= 11 is 0. The van der Waals surface area contributed by atoms with E-state index in [1.807, 2.05) is 47.7 Å². The minimum atomic E-state index is -4.41. The number of ether oxygens (including phenoxy) is 1. The molecule has 3 unspecified atom stereocenters. The lowest BCUT2D eigenvalue weighted by Gasteiger charge is -2.56. The fourth-order valence-corrected chi connectivity index (χ4v) is 19.8. The first-order valence-corrected chi connectivity index (χ1v) is 24.9. The van der Waals surface area contributed by atoms with Crippen LogP contribution in [-0.2, 0) is 18.4 Å². The first-order chi connectivity index (χ1) is 19.9. The van der Waals surface area contributed by atoms with Crippen LogP contribution < -0.4 is 0 Å². The van der Waals surface area contributed by atoms with E-state index in [4.69, 9.17) is 13.6 Å². The zero-order chi connectivity index (χ0) is 34.7. The average molecular weight is 695 g/mol. The van der Waals surface area contributed by atoms with Crippen LogP contribution >= 0.6 is 0 Å². The van der Waals surface area contributed by atoms with Crippen LogP contribution in [0.5, 0.6) is 0 Å². The van der Waals surface area contributed by atoms with Gasteiger partial charge in [0, 0.05) is 23.6 Å². The zero-order valence-electron chi connectivity index (χ0n) is 29.0. The summed E-state index contributed by atoms with van der Waals surface area (Å²) in [6.45, 7) is 23.1. The molecule has 4 nitrogen and oxygen atoms in total. The van der Waals surface area contributed by atoms with Crippen molar-refractivity contribution in [3.63, 3.8) is 0 Å². The molecule has 3 atom stereocenters. The summed E-state index contributed by atoms with van der Waals surface area (Å²) in [5.74, 6) is -0.460. The van der Waals surface area contributed by atoms with Gasteiger partial charge < -0.3 is 13.6 Å². The lowest BCUT2D eigenvalue weighted by molar-refractivity contribution is -0.139. The summed E-state index contributed by atoms with van der Waals surface area (Å²) in [5.41, 5.74) is 0.312. The van der Waals surface area contributed by atoms with Gasteiger partial charge in [-0.25, -0.2) is 4.79 Å². The Bertz CT molecular complexity index is 895. The van der Waals surface area contributed by atoms with E-state index >= 15 is 0 Å². The number of carbonyl (C=O) groups is 1. The van der Waals surface area contributed by atoms with Gasteiger partial charge in [0.25, 0.3) is 0 Å². The van der Waals surface area contributed by atoms with Crippen molar-refractivity contribution >= 4 is 30.7 Å². The molecule has 0 heterocycles. The van der Waals surface area contributed by atoms with E-state index < -0.39 is 66.3 Å². The van der Waals surface area contributed by atoms with Gasteiger partial charge in [-0.1, -0.05) is 72.7 Å². The Labute approximate surface area is 266 Å². The number of alkyl halides is 6. The van der Waals surface area contributed by atoms with Gasteiger partial charge in [-0.2, -0.15) is 26.3 Å². The van der Waals surface area contributed by atoms with Crippen LogP contribution in [0.1, 0.15) is 99.3 Å². The molecule has 0 bridgehead atoms. The van der Waals surface area contributed by atoms with Crippen molar-refractivity contribution in [1.29, 1.82) is 0 Å². The summed E-state index contributed by atoms with van der Waals surface area (Å²) < 4.78 is 101. The van der Waals surface area contributed by atoms with Gasteiger partial charge in [0.15, 0.2) is 8.32 Å². The van der Waals surface area contributed by atoms with Gasteiger partial charge in [0.2, 0.25) is 8.32 Å². The van der Waals surface area contributed by atoms with Crippen molar-refractivity contribution in [2.45, 2.75) is 172 Å². The van der Waals surface area contributed by atoms with Gasteiger partial charge >= 0.3 is 18.3 Å². The number of carbonyl (C=O) groups excluding carboxylic acids is 1. The molecule has 262 valence electrons. The molecule has 0 saturated carbocycles. The third-order valence-electron chi connectivity index (χ3n) is 9.57. The molecule has 0 aromatic rings. The van der Waals surface area contributed by atoms with Crippen molar-refractivity contribution in [1.82, 2.24) is 0 Å². The van der Waals surface area contributed by atoms with Gasteiger partial charge in [-0.15, -0.1) is 0 Å². The molecular formula is C31H60F6O4Si3. The van der Waals surface area contributed by atoms with Crippen LogP contribution in [0.2, 0.25) is 50.4 Å². The largest absolute Gasteiger partial charge is 0.462 e. The third kappa shape index (κ3) is 13.6. The summed E-state index contributed by atoms with van der Waals surface area (Å²) in [5, 5.41) is -1.80. The van der Waals surface area contributed by atoms with Crippen LogP contribution in [-0.4, -0.2) is 60.1 Å². The van der Waals surface area contributed by atoms with Gasteiger partial charge in [-0.05, 0) is 70.8 Å². The lowest BCUT2D eigenvalue weighted by atomic mass is 10.2. The molecular weight excluding hydrogens is 635 g/mol. The predicted octanol–water partition coefficient (Wildman–Crippen LogP) is 11.3. The standard InChI is InChI=1S/C31H60F6O4Si3/c1-12-16-23-43(10,24-19-30(32,33)34)41-29(14-3,15-4)44(11,25-20-31(35,36)37)40-28(7,18-13-2)42(8,9)22-17-21-39-27(38)26(5)6/h5,12-25H2,1-4,6-11H3. The van der Waals surface area contributed by atoms with Crippen LogP contribution in [0.3, 0.4) is 0 Å². The molecule has 0 aromatic heterocycles. The van der Waals surface area contributed by atoms with E-state index in [1.165, 1.54) is 0 Å². The molecule has 0 aromatic carbocycles. The highest BCUT2D eigenvalue weighted by molar-refractivity contribution is 6.83. The van der Waals surface area contributed by atoms with Crippen molar-refractivity contribution in [2.75, 3.05) is 6.61 Å². The van der Waals surface area contributed by atoms with E-state index in [0.717, 1.165) is 18.9 Å². The molecule has 0 N–H and O–H groups in total. The molecule has 13 heteroatoms. The smallest absolute Gasteiger partial charge is 0.388 e. The Hall–Kier alpha value is -0.639. The summed E-state index contributed by atoms with van der Waals surface area (Å²) in [6.07, 6.45) is -6.55. The second-order valence-electron chi connectivity index (χ2n) is 13.8. The van der Waals surface area contributed by atoms with E-state index in [9.17, 15) is 31.1 Å². The number of hydrogen-bond acceptors (Lipinski definition) is 4. The summed E-state index contributed by atoms with van der Waals surface area (Å²) in [6, 6.07) is 0.880. The molecule has 44 heavy (non-hydrogen) atoms. The van der Waals surface area contributed by atoms with Crippen molar-refractivity contribution in [3.05, 3.63) is 12.2 Å². The summed E-state index contributed by atoms with van der Waals surface area (Å²) in [7, 11) is -8.86. The van der Waals surface area contributed by atoms with Gasteiger partial charge in [0.05, 0.1) is 19.9 Å². The van der Waals surface area contributed by atoms with E-state index in [2.05, 4.69) is 19.7 Å². The fourth-order valence-electron chi connectivity index (χ4n) is 6.23. The first-order valence-electron chi connectivity index (χ1n) is 16.3. The maximum atomic E-state index is 13.9. The molecule has 0 radical (unpaired) electrons. The first kappa shape index (κ1) is 43.4. The maximum Gasteiger partial charge on any atom is 0.388 e. The minimum Gasteiger partial charge on any atom is -0.462 e. The van der Waals surface area contributed by atoms with Gasteiger partial charge in [0.1, 0.15) is 0 Å². The van der Waals surface area contributed by atoms with Crippen LogP contribution in [0.15, 0.2) is 12.2 Å². The van der Waals surface area contributed by atoms with Crippen molar-refractivity contribution in [3.8, 4) is 0 Å². The Morgan fingerprint density at radius 2 is 1.25 bits per heavy atom.